The van der Waals surface area contributed by atoms with Crippen LogP contribution in [0.15, 0.2) is 11.3 Å². The van der Waals surface area contributed by atoms with E-state index in [1.807, 2.05) is 0 Å². The van der Waals surface area contributed by atoms with Gasteiger partial charge in [-0.15, -0.1) is 0 Å². The van der Waals surface area contributed by atoms with Gasteiger partial charge in [-0.3, -0.25) is 0 Å². The number of fused-ring (bicyclic) bond motifs is 1. The molecule has 1 aliphatic carbocycles. The Labute approximate surface area is 63.8 Å². The normalized spacial score (nSPS) is 28.5. The van der Waals surface area contributed by atoms with E-state index < -0.39 is 5.97 Å². The van der Waals surface area contributed by atoms with Crippen LogP contribution in [-0.4, -0.2) is 17.6 Å². The lowest BCUT2D eigenvalue weighted by Crippen LogP contribution is -2.08. The van der Waals surface area contributed by atoms with Crippen LogP contribution in [0.25, 0.3) is 0 Å². The van der Waals surface area contributed by atoms with Crippen molar-refractivity contribution < 1.29 is 14.7 Å². The molecule has 1 heterocycles. The van der Waals surface area contributed by atoms with Crippen molar-refractivity contribution in [2.45, 2.75) is 12.8 Å². The first-order valence-electron chi connectivity index (χ1n) is 3.65. The molecule has 0 saturated carbocycles. The predicted octanol–water partition coefficient (Wildman–Crippen LogP) is 0.270. The summed E-state index contributed by atoms with van der Waals surface area (Å²) in [4.78, 5) is 15.6. The van der Waals surface area contributed by atoms with Gasteiger partial charge in [-0.05, 0) is 12.8 Å². The first-order chi connectivity index (χ1) is 5.29. The van der Waals surface area contributed by atoms with Crippen LogP contribution in [0.2, 0.25) is 0 Å². The number of hydrogen-bond donors (Lipinski definition) is 2. The van der Waals surface area contributed by atoms with Crippen LogP contribution in [0, 0.1) is 5.92 Å². The molecule has 0 aromatic carbocycles. The number of hydroxylamine groups is 1. The summed E-state index contributed by atoms with van der Waals surface area (Å²) in [5, 5.41) is 8.69. The highest BCUT2D eigenvalue weighted by molar-refractivity contribution is 5.87. The number of aliphatic carboxylic acids is 1. The summed E-state index contributed by atoms with van der Waals surface area (Å²) in [5.74, 6) is 0.116. The van der Waals surface area contributed by atoms with E-state index in [9.17, 15) is 4.79 Å². The Kier molecular flexibility index (Phi) is 1.35. The van der Waals surface area contributed by atoms with E-state index in [4.69, 9.17) is 9.94 Å². The van der Waals surface area contributed by atoms with E-state index >= 15 is 0 Å². The van der Waals surface area contributed by atoms with Gasteiger partial charge in [0, 0.05) is 12.5 Å². The van der Waals surface area contributed by atoms with Crippen LogP contribution in [0.5, 0.6) is 0 Å². The number of rotatable bonds is 1. The number of hydrogen-bond acceptors (Lipinski definition) is 3. The van der Waals surface area contributed by atoms with Crippen LogP contribution in [0.4, 0.5) is 0 Å². The lowest BCUT2D eigenvalue weighted by molar-refractivity contribution is -0.133. The van der Waals surface area contributed by atoms with Crippen LogP contribution >= 0.6 is 0 Å². The van der Waals surface area contributed by atoms with E-state index in [0.717, 1.165) is 13.0 Å². The first-order valence-corrected chi connectivity index (χ1v) is 3.65. The molecule has 0 radical (unpaired) electrons. The van der Waals surface area contributed by atoms with Crippen molar-refractivity contribution in [3.63, 3.8) is 0 Å². The van der Waals surface area contributed by atoms with E-state index in [0.29, 0.717) is 23.7 Å². The quantitative estimate of drug-likeness (QED) is 0.570. The molecule has 4 nitrogen and oxygen atoms in total. The zero-order valence-corrected chi connectivity index (χ0v) is 5.96. The molecule has 2 rings (SSSR count). The average molecular weight is 155 g/mol. The van der Waals surface area contributed by atoms with Crippen molar-refractivity contribution >= 4 is 5.97 Å². The van der Waals surface area contributed by atoms with Gasteiger partial charge < -0.3 is 9.94 Å². The molecule has 1 unspecified atom stereocenters. The molecular formula is C7H9NO3. The highest BCUT2D eigenvalue weighted by Gasteiger charge is 2.34. The van der Waals surface area contributed by atoms with Crippen molar-refractivity contribution in [3.8, 4) is 0 Å². The number of nitrogens with one attached hydrogen (secondary N) is 1. The van der Waals surface area contributed by atoms with Crippen LogP contribution in [0.3, 0.4) is 0 Å². The van der Waals surface area contributed by atoms with Crippen LogP contribution in [0.1, 0.15) is 12.8 Å². The van der Waals surface area contributed by atoms with Gasteiger partial charge in [0.15, 0.2) is 0 Å². The van der Waals surface area contributed by atoms with Gasteiger partial charge in [0.25, 0.3) is 0 Å². The SMILES string of the molecule is O=C(O)C1=C2ONCC2CC1. The largest absolute Gasteiger partial charge is 0.478 e. The summed E-state index contributed by atoms with van der Waals surface area (Å²) >= 11 is 0. The molecule has 0 aromatic heterocycles. The maximum absolute atomic E-state index is 10.6. The fraction of sp³-hybridized carbons (Fsp3) is 0.571. The molecule has 60 valence electrons. The summed E-state index contributed by atoms with van der Waals surface area (Å²) in [5.41, 5.74) is 3.13. The van der Waals surface area contributed by atoms with Gasteiger partial charge in [0.05, 0.1) is 5.57 Å². The topological polar surface area (TPSA) is 58.6 Å². The summed E-state index contributed by atoms with van der Waals surface area (Å²) in [6, 6.07) is 0. The van der Waals surface area contributed by atoms with Crippen molar-refractivity contribution in [1.82, 2.24) is 5.48 Å². The third kappa shape index (κ3) is 0.903. The van der Waals surface area contributed by atoms with E-state index in [2.05, 4.69) is 5.48 Å². The molecule has 0 spiro atoms. The van der Waals surface area contributed by atoms with E-state index in [1.165, 1.54) is 0 Å². The van der Waals surface area contributed by atoms with Crippen molar-refractivity contribution in [2.24, 2.45) is 5.92 Å². The van der Waals surface area contributed by atoms with Gasteiger partial charge in [0.1, 0.15) is 5.76 Å². The molecule has 1 atom stereocenters. The molecule has 0 aromatic rings. The van der Waals surface area contributed by atoms with Crippen molar-refractivity contribution in [1.29, 1.82) is 0 Å². The average Bonchev–Trinajstić information content (AvgIpc) is 2.41. The number of carbonyl (C=O) groups is 1. The van der Waals surface area contributed by atoms with Crippen molar-refractivity contribution in [2.75, 3.05) is 6.54 Å². The minimum atomic E-state index is -0.841. The molecule has 2 N–H and O–H groups in total. The standard InChI is InChI=1S/C7H9NO3/c9-7(10)5-2-1-4-3-8-11-6(4)5/h4,8H,1-3H2,(H,9,10). The Morgan fingerprint density at radius 3 is 3.27 bits per heavy atom. The molecule has 11 heavy (non-hydrogen) atoms. The smallest absolute Gasteiger partial charge is 0.335 e. The minimum absolute atomic E-state index is 0.307. The van der Waals surface area contributed by atoms with Gasteiger partial charge in [0.2, 0.25) is 0 Å². The Morgan fingerprint density at radius 1 is 1.73 bits per heavy atom. The Morgan fingerprint density at radius 2 is 2.55 bits per heavy atom. The van der Waals surface area contributed by atoms with Gasteiger partial charge >= 0.3 is 5.97 Å². The zero-order valence-electron chi connectivity index (χ0n) is 5.96. The molecule has 0 amide bonds. The second kappa shape index (κ2) is 2.23. The lowest BCUT2D eigenvalue weighted by Gasteiger charge is -1.97. The molecule has 1 aliphatic heterocycles. The Balaban J connectivity index is 2.30. The van der Waals surface area contributed by atoms with Crippen LogP contribution < -0.4 is 5.48 Å². The Hall–Kier alpha value is -1.03. The minimum Gasteiger partial charge on any atom is -0.478 e. The van der Waals surface area contributed by atoms with Crippen LogP contribution in [-0.2, 0) is 9.63 Å². The molecule has 4 heteroatoms. The monoisotopic (exact) mass is 155 g/mol. The fourth-order valence-corrected chi connectivity index (χ4v) is 1.59. The van der Waals surface area contributed by atoms with Gasteiger partial charge in [-0.2, -0.15) is 5.48 Å². The van der Waals surface area contributed by atoms with Gasteiger partial charge in [-0.25, -0.2) is 4.79 Å². The summed E-state index contributed by atoms with van der Waals surface area (Å²) < 4.78 is 0. The maximum Gasteiger partial charge on any atom is 0.335 e. The molecule has 1 fully saturated rings. The Bertz CT molecular complexity index is 234. The second-order valence-corrected chi connectivity index (χ2v) is 2.83. The third-order valence-electron chi connectivity index (χ3n) is 2.18. The predicted molar refractivity (Wildman–Crippen MR) is 36.5 cm³/mol. The molecule has 0 bridgehead atoms. The third-order valence-corrected chi connectivity index (χ3v) is 2.18. The molecular weight excluding hydrogens is 146 g/mol. The summed E-state index contributed by atoms with van der Waals surface area (Å²) in [6.07, 6.45) is 1.56. The fourth-order valence-electron chi connectivity index (χ4n) is 1.59. The highest BCUT2D eigenvalue weighted by atomic mass is 16.7. The summed E-state index contributed by atoms with van der Waals surface area (Å²) in [7, 11) is 0. The molecule has 2 aliphatic rings. The van der Waals surface area contributed by atoms with E-state index in [-0.39, 0.29) is 0 Å². The number of carboxylic acid groups (broad SMARTS) is 1. The zero-order chi connectivity index (χ0) is 7.84. The molecule has 1 saturated heterocycles. The summed E-state index contributed by atoms with van der Waals surface area (Å²) in [6.45, 7) is 0.756. The maximum atomic E-state index is 10.6. The lowest BCUT2D eigenvalue weighted by atomic mass is 10.1. The van der Waals surface area contributed by atoms with E-state index in [1.54, 1.807) is 0 Å². The van der Waals surface area contributed by atoms with Crippen molar-refractivity contribution in [3.05, 3.63) is 11.3 Å². The van der Waals surface area contributed by atoms with Gasteiger partial charge in [-0.1, -0.05) is 0 Å². The second-order valence-electron chi connectivity index (χ2n) is 2.83. The first kappa shape index (κ1) is 6.67. The number of carboxylic acids is 1. The highest BCUT2D eigenvalue weighted by Crippen LogP contribution is 2.34.